The highest BCUT2D eigenvalue weighted by Gasteiger charge is 2.29. The fourth-order valence-electron chi connectivity index (χ4n) is 3.82. The SMILES string of the molecule is CCC(C#N)(CCCN(C)C1CCCCC1C)NC(C)C. The van der Waals surface area contributed by atoms with E-state index in [4.69, 9.17) is 0 Å². The van der Waals surface area contributed by atoms with Crippen molar-refractivity contribution in [2.75, 3.05) is 13.6 Å². The quantitative estimate of drug-likeness (QED) is 0.736. The van der Waals surface area contributed by atoms with Crippen molar-refractivity contribution >= 4 is 0 Å². The Morgan fingerprint density at radius 2 is 2.00 bits per heavy atom. The maximum atomic E-state index is 9.56. The molecule has 1 N–H and O–H groups in total. The lowest BCUT2D eigenvalue weighted by molar-refractivity contribution is 0.134. The summed E-state index contributed by atoms with van der Waals surface area (Å²) >= 11 is 0. The molecule has 1 rings (SSSR count). The summed E-state index contributed by atoms with van der Waals surface area (Å²) in [6.07, 6.45) is 8.43. The molecule has 0 radical (unpaired) electrons. The van der Waals surface area contributed by atoms with Crippen molar-refractivity contribution in [1.82, 2.24) is 10.2 Å². The van der Waals surface area contributed by atoms with Crippen LogP contribution in [0.25, 0.3) is 0 Å². The van der Waals surface area contributed by atoms with Gasteiger partial charge in [-0.2, -0.15) is 5.26 Å². The molecule has 1 aliphatic rings. The third kappa shape index (κ3) is 5.60. The van der Waals surface area contributed by atoms with Gasteiger partial charge in [-0.15, -0.1) is 0 Å². The van der Waals surface area contributed by atoms with Gasteiger partial charge in [0, 0.05) is 12.1 Å². The van der Waals surface area contributed by atoms with Crippen LogP contribution in [0.15, 0.2) is 0 Å². The van der Waals surface area contributed by atoms with Crippen LogP contribution >= 0.6 is 0 Å². The van der Waals surface area contributed by atoms with E-state index in [0.29, 0.717) is 6.04 Å². The van der Waals surface area contributed by atoms with E-state index < -0.39 is 0 Å². The lowest BCUT2D eigenvalue weighted by atomic mass is 9.84. The van der Waals surface area contributed by atoms with Crippen molar-refractivity contribution in [3.63, 3.8) is 0 Å². The first-order chi connectivity index (χ1) is 9.94. The van der Waals surface area contributed by atoms with Crippen LogP contribution in [0, 0.1) is 17.2 Å². The largest absolute Gasteiger partial charge is 0.303 e. The van der Waals surface area contributed by atoms with Gasteiger partial charge in [-0.1, -0.05) is 26.7 Å². The average molecular weight is 293 g/mol. The van der Waals surface area contributed by atoms with Crippen molar-refractivity contribution in [1.29, 1.82) is 5.26 Å². The Bertz CT molecular complexity index is 334. The van der Waals surface area contributed by atoms with Crippen LogP contribution in [-0.4, -0.2) is 36.1 Å². The summed E-state index contributed by atoms with van der Waals surface area (Å²) in [4.78, 5) is 2.54. The number of nitrogens with one attached hydrogen (secondary N) is 1. The van der Waals surface area contributed by atoms with Crippen LogP contribution in [0.1, 0.15) is 72.6 Å². The molecule has 122 valence electrons. The van der Waals surface area contributed by atoms with Crippen LogP contribution < -0.4 is 5.32 Å². The molecule has 0 aromatic heterocycles. The van der Waals surface area contributed by atoms with Gasteiger partial charge in [0.15, 0.2) is 0 Å². The van der Waals surface area contributed by atoms with E-state index in [9.17, 15) is 5.26 Å². The summed E-state index contributed by atoms with van der Waals surface area (Å²) in [5, 5.41) is 13.0. The summed E-state index contributed by atoms with van der Waals surface area (Å²) in [7, 11) is 2.27. The van der Waals surface area contributed by atoms with E-state index in [2.05, 4.69) is 51.0 Å². The summed E-state index contributed by atoms with van der Waals surface area (Å²) < 4.78 is 0. The fraction of sp³-hybridized carbons (Fsp3) is 0.944. The number of nitrogens with zero attached hydrogens (tertiary/aromatic N) is 2. The minimum atomic E-state index is -0.340. The zero-order valence-corrected chi connectivity index (χ0v) is 14.8. The molecule has 0 heterocycles. The molecule has 1 aliphatic carbocycles. The Balaban J connectivity index is 2.44. The molecule has 21 heavy (non-hydrogen) atoms. The smallest absolute Gasteiger partial charge is 0.106 e. The Kier molecular flexibility index (Phi) is 7.70. The van der Waals surface area contributed by atoms with E-state index in [1.165, 1.54) is 25.7 Å². The monoisotopic (exact) mass is 293 g/mol. The molecule has 1 saturated carbocycles. The molecule has 0 spiro atoms. The molecule has 1 fully saturated rings. The minimum Gasteiger partial charge on any atom is -0.303 e. The molecule has 0 aliphatic heterocycles. The van der Waals surface area contributed by atoms with Crippen molar-refractivity contribution in [3.8, 4) is 6.07 Å². The molecule has 0 saturated heterocycles. The predicted octanol–water partition coefficient (Wildman–Crippen LogP) is 3.95. The van der Waals surface area contributed by atoms with Crippen molar-refractivity contribution in [3.05, 3.63) is 0 Å². The van der Waals surface area contributed by atoms with Crippen LogP contribution in [0.5, 0.6) is 0 Å². The molecule has 3 atom stereocenters. The molecule has 0 amide bonds. The molecular formula is C18H35N3. The highest BCUT2D eigenvalue weighted by molar-refractivity contribution is 5.06. The van der Waals surface area contributed by atoms with Gasteiger partial charge in [0.2, 0.25) is 0 Å². The first kappa shape index (κ1) is 18.5. The molecule has 3 heteroatoms. The molecule has 0 aromatic carbocycles. The standard InChI is InChI=1S/C18H35N3/c1-6-18(14-19,20-15(2)3)12-9-13-21(5)17-11-8-7-10-16(17)4/h15-17,20H,6-13H2,1-5H3. The average Bonchev–Trinajstić information content (AvgIpc) is 2.46. The summed E-state index contributed by atoms with van der Waals surface area (Å²) in [5.41, 5.74) is -0.340. The van der Waals surface area contributed by atoms with Gasteiger partial charge in [-0.25, -0.2) is 0 Å². The van der Waals surface area contributed by atoms with E-state index >= 15 is 0 Å². The molecule has 3 unspecified atom stereocenters. The zero-order valence-electron chi connectivity index (χ0n) is 14.8. The van der Waals surface area contributed by atoms with Gasteiger partial charge in [0.05, 0.1) is 6.07 Å². The van der Waals surface area contributed by atoms with Crippen molar-refractivity contribution in [2.45, 2.75) is 90.3 Å². The van der Waals surface area contributed by atoms with Crippen molar-refractivity contribution in [2.24, 2.45) is 5.92 Å². The Hall–Kier alpha value is -0.590. The van der Waals surface area contributed by atoms with E-state index in [0.717, 1.165) is 37.8 Å². The fourth-order valence-corrected chi connectivity index (χ4v) is 3.82. The van der Waals surface area contributed by atoms with Gasteiger partial charge in [-0.3, -0.25) is 5.32 Å². The third-order valence-electron chi connectivity index (χ3n) is 5.13. The molecule has 3 nitrogen and oxygen atoms in total. The van der Waals surface area contributed by atoms with Crippen LogP contribution in [0.4, 0.5) is 0 Å². The predicted molar refractivity (Wildman–Crippen MR) is 90.2 cm³/mol. The Labute approximate surface area is 132 Å². The van der Waals surface area contributed by atoms with E-state index in [-0.39, 0.29) is 5.54 Å². The minimum absolute atomic E-state index is 0.340. The number of hydrogen-bond donors (Lipinski definition) is 1. The second-order valence-electron chi connectivity index (χ2n) is 7.26. The van der Waals surface area contributed by atoms with Gasteiger partial charge in [0.25, 0.3) is 0 Å². The number of nitriles is 1. The first-order valence-corrected chi connectivity index (χ1v) is 8.83. The lowest BCUT2D eigenvalue weighted by Crippen LogP contribution is -2.47. The summed E-state index contributed by atoms with van der Waals surface area (Å²) in [6.45, 7) is 9.87. The number of hydrogen-bond acceptors (Lipinski definition) is 3. The molecule has 0 aromatic rings. The highest BCUT2D eigenvalue weighted by Crippen LogP contribution is 2.28. The van der Waals surface area contributed by atoms with Gasteiger partial charge in [0.1, 0.15) is 5.54 Å². The Morgan fingerprint density at radius 3 is 2.52 bits per heavy atom. The van der Waals surface area contributed by atoms with E-state index in [1.807, 2.05) is 0 Å². The first-order valence-electron chi connectivity index (χ1n) is 8.83. The summed E-state index contributed by atoms with van der Waals surface area (Å²) in [6, 6.07) is 3.64. The third-order valence-corrected chi connectivity index (χ3v) is 5.13. The molecule has 0 bridgehead atoms. The second-order valence-corrected chi connectivity index (χ2v) is 7.26. The lowest BCUT2D eigenvalue weighted by Gasteiger charge is -2.37. The zero-order chi connectivity index (χ0) is 15.9. The van der Waals surface area contributed by atoms with Gasteiger partial charge >= 0.3 is 0 Å². The maximum Gasteiger partial charge on any atom is 0.106 e. The highest BCUT2D eigenvalue weighted by atomic mass is 15.1. The van der Waals surface area contributed by atoms with Crippen LogP contribution in [0.3, 0.4) is 0 Å². The van der Waals surface area contributed by atoms with Gasteiger partial charge < -0.3 is 4.90 Å². The Morgan fingerprint density at radius 1 is 1.33 bits per heavy atom. The second kappa shape index (κ2) is 8.76. The normalized spacial score (nSPS) is 25.8. The van der Waals surface area contributed by atoms with Crippen LogP contribution in [-0.2, 0) is 0 Å². The topological polar surface area (TPSA) is 39.1 Å². The van der Waals surface area contributed by atoms with Crippen molar-refractivity contribution < 1.29 is 0 Å². The number of rotatable bonds is 8. The van der Waals surface area contributed by atoms with E-state index in [1.54, 1.807) is 0 Å². The van der Waals surface area contributed by atoms with Crippen LogP contribution in [0.2, 0.25) is 0 Å². The van der Waals surface area contributed by atoms with Gasteiger partial charge in [-0.05, 0) is 65.5 Å². The summed E-state index contributed by atoms with van der Waals surface area (Å²) in [5.74, 6) is 0.824. The molecular weight excluding hydrogens is 258 g/mol. The maximum absolute atomic E-state index is 9.56.